The molecule has 0 unspecified atom stereocenters. The molecule has 0 radical (unpaired) electrons. The van der Waals surface area contributed by atoms with Crippen molar-refractivity contribution in [1.29, 1.82) is 0 Å². The molecule has 11 aromatic rings. The maximum Gasteiger partial charge on any atom is 0.317 e. The van der Waals surface area contributed by atoms with Crippen LogP contribution >= 0.6 is 0 Å². The van der Waals surface area contributed by atoms with Crippen molar-refractivity contribution in [2.45, 2.75) is 0 Å². The number of furan rings is 2. The third kappa shape index (κ3) is 4.90. The Bertz CT molecular complexity index is 3210. The molecule has 0 saturated carbocycles. The first-order chi connectivity index (χ1) is 26.7. The molecular formula is C49H31N3O2+2. The lowest BCUT2D eigenvalue weighted by Gasteiger charge is -2.08. The van der Waals surface area contributed by atoms with E-state index in [1.54, 1.807) is 0 Å². The molecule has 0 bridgehead atoms. The number of rotatable bonds is 5. The van der Waals surface area contributed by atoms with Gasteiger partial charge in [-0.05, 0) is 87.6 Å². The first kappa shape index (κ1) is 30.3. The summed E-state index contributed by atoms with van der Waals surface area (Å²) < 4.78 is 11.5. The van der Waals surface area contributed by atoms with Gasteiger partial charge in [0.2, 0.25) is 0 Å². The Morgan fingerprint density at radius 2 is 1.09 bits per heavy atom. The number of hydrogen-bond acceptors (Lipinski definition) is 3. The van der Waals surface area contributed by atoms with Crippen molar-refractivity contribution < 1.29 is 13.8 Å². The van der Waals surface area contributed by atoms with Gasteiger partial charge < -0.3 is 8.83 Å². The van der Waals surface area contributed by atoms with Gasteiger partial charge in [-0.3, -0.25) is 0 Å². The van der Waals surface area contributed by atoms with Crippen molar-refractivity contribution in [2.75, 3.05) is 0 Å². The van der Waals surface area contributed by atoms with Crippen molar-refractivity contribution in [3.05, 3.63) is 176 Å². The summed E-state index contributed by atoms with van der Waals surface area (Å²) in [6, 6.07) is 61.2. The van der Waals surface area contributed by atoms with Crippen LogP contribution in [0.2, 0.25) is 0 Å². The fraction of sp³-hybridized carbons (Fsp3) is 0. The van der Waals surface area contributed by atoms with E-state index in [2.05, 4.69) is 145 Å². The largest absolute Gasteiger partial charge is 0.545 e. The average Bonchev–Trinajstić information content (AvgIpc) is 3.82. The van der Waals surface area contributed by atoms with Crippen LogP contribution < -0.4 is 4.98 Å². The SMILES string of the molecule is c1ccc(-c2nc(-c3cccc4c3[oH+]c3ccccc34)nc(-c3cccc4oc5ccc(-c6ccc(-c7cccc8ccccc78)cc6)cc5c34)[nH+]2)cc1. The van der Waals surface area contributed by atoms with Crippen LogP contribution in [0.5, 0.6) is 0 Å². The molecule has 252 valence electrons. The molecule has 11 rings (SSSR count). The van der Waals surface area contributed by atoms with Crippen LogP contribution in [0.25, 0.3) is 111 Å². The molecule has 0 spiro atoms. The second kappa shape index (κ2) is 12.1. The molecule has 3 heterocycles. The Hall–Kier alpha value is -7.37. The van der Waals surface area contributed by atoms with E-state index in [0.717, 1.165) is 77.5 Å². The lowest BCUT2D eigenvalue weighted by atomic mass is 9.95. The third-order valence-electron chi connectivity index (χ3n) is 10.5. The minimum atomic E-state index is 0.604. The minimum absolute atomic E-state index is 0.604. The van der Waals surface area contributed by atoms with E-state index >= 15 is 0 Å². The van der Waals surface area contributed by atoms with Crippen LogP contribution in [-0.4, -0.2) is 9.97 Å². The van der Waals surface area contributed by atoms with Gasteiger partial charge in [-0.2, -0.15) is 0 Å². The molecule has 0 saturated heterocycles. The molecule has 0 aliphatic carbocycles. The Kier molecular flexibility index (Phi) is 6.79. The molecule has 0 atom stereocenters. The monoisotopic (exact) mass is 693 g/mol. The maximum absolute atomic E-state index is 6.48. The topological polar surface area (TPSA) is 65.9 Å². The Morgan fingerprint density at radius 3 is 2.00 bits per heavy atom. The number of H-pyrrole nitrogens is 1. The Balaban J connectivity index is 1.07. The summed E-state index contributed by atoms with van der Waals surface area (Å²) in [6.07, 6.45) is 0. The zero-order chi connectivity index (χ0) is 35.6. The molecule has 0 amide bonds. The van der Waals surface area contributed by atoms with Crippen LogP contribution in [0, 0.1) is 0 Å². The molecule has 3 aromatic heterocycles. The summed E-state index contributed by atoms with van der Waals surface area (Å²) in [7, 11) is 0. The third-order valence-corrected chi connectivity index (χ3v) is 10.5. The number of aromatic nitrogens is 3. The van der Waals surface area contributed by atoms with Crippen LogP contribution in [0.1, 0.15) is 0 Å². The van der Waals surface area contributed by atoms with E-state index in [1.807, 2.05) is 36.4 Å². The predicted molar refractivity (Wildman–Crippen MR) is 219 cm³/mol. The van der Waals surface area contributed by atoms with Gasteiger partial charge in [0.05, 0.1) is 21.9 Å². The molecule has 0 fully saturated rings. The highest BCUT2D eigenvalue weighted by atomic mass is 16.3. The highest BCUT2D eigenvalue weighted by molar-refractivity contribution is 6.13. The van der Waals surface area contributed by atoms with E-state index in [1.165, 1.54) is 21.9 Å². The van der Waals surface area contributed by atoms with Gasteiger partial charge in [0.1, 0.15) is 11.2 Å². The minimum Gasteiger partial charge on any atom is -0.545 e. The molecule has 5 heteroatoms. The standard InChI is InChI=1S/C49H29N3O2/c1-2-12-33(13-3-1)47-50-48(52-49(51-47)40-20-9-18-38-37-16-6-7-21-42(37)54-46(38)40)39-19-10-22-44-45(39)41-29-34(27-28-43(41)53-44)30-23-25-32(26-24-30)36-17-8-14-31-11-4-5-15-35(31)36/h1-29H/p+2. The Morgan fingerprint density at radius 1 is 0.426 bits per heavy atom. The zero-order valence-electron chi connectivity index (χ0n) is 29.0. The van der Waals surface area contributed by atoms with E-state index in [9.17, 15) is 0 Å². The van der Waals surface area contributed by atoms with E-state index < -0.39 is 0 Å². The van der Waals surface area contributed by atoms with Crippen molar-refractivity contribution in [3.8, 4) is 56.4 Å². The highest BCUT2D eigenvalue weighted by Gasteiger charge is 2.27. The van der Waals surface area contributed by atoms with E-state index in [0.29, 0.717) is 11.6 Å². The number of nitrogens with one attached hydrogen (secondary N) is 1. The van der Waals surface area contributed by atoms with Crippen LogP contribution in [0.4, 0.5) is 0 Å². The van der Waals surface area contributed by atoms with Gasteiger partial charge >= 0.3 is 5.82 Å². The summed E-state index contributed by atoms with van der Waals surface area (Å²) >= 11 is 0. The lowest BCUT2D eigenvalue weighted by molar-refractivity contribution is -0.359. The average molecular weight is 694 g/mol. The van der Waals surface area contributed by atoms with Crippen LogP contribution in [0.15, 0.2) is 185 Å². The van der Waals surface area contributed by atoms with Gasteiger partial charge in [0.25, 0.3) is 22.8 Å². The zero-order valence-corrected chi connectivity index (χ0v) is 29.0. The van der Waals surface area contributed by atoms with Crippen molar-refractivity contribution in [1.82, 2.24) is 9.97 Å². The van der Waals surface area contributed by atoms with E-state index in [-0.39, 0.29) is 0 Å². The van der Waals surface area contributed by atoms with Gasteiger partial charge in [-0.15, -0.1) is 0 Å². The highest BCUT2D eigenvalue weighted by Crippen LogP contribution is 2.40. The molecule has 0 aliphatic heterocycles. The van der Waals surface area contributed by atoms with Crippen molar-refractivity contribution >= 4 is 54.6 Å². The summed E-state index contributed by atoms with van der Waals surface area (Å²) in [5.74, 6) is 2.03. The van der Waals surface area contributed by atoms with Gasteiger partial charge in [0, 0.05) is 16.8 Å². The summed E-state index contributed by atoms with van der Waals surface area (Å²) in [5.41, 5.74) is 10.9. The number of para-hydroxylation sites is 2. The second-order valence-corrected chi connectivity index (χ2v) is 13.7. The molecule has 2 N–H and O–H groups in total. The second-order valence-electron chi connectivity index (χ2n) is 13.7. The molecule has 8 aromatic carbocycles. The van der Waals surface area contributed by atoms with Crippen molar-refractivity contribution in [3.63, 3.8) is 0 Å². The molecule has 5 nitrogen and oxygen atoms in total. The lowest BCUT2D eigenvalue weighted by Crippen LogP contribution is -2.17. The van der Waals surface area contributed by atoms with Gasteiger partial charge in [-0.25, -0.2) is 4.98 Å². The van der Waals surface area contributed by atoms with Crippen molar-refractivity contribution in [2.24, 2.45) is 0 Å². The quantitative estimate of drug-likeness (QED) is 0.169. The summed E-state index contributed by atoms with van der Waals surface area (Å²) in [6.45, 7) is 0. The first-order valence-corrected chi connectivity index (χ1v) is 18.1. The predicted octanol–water partition coefficient (Wildman–Crippen LogP) is 12.7. The number of nitrogens with zero attached hydrogens (tertiary/aromatic N) is 2. The number of aromatic amines is 1. The molecular weight excluding hydrogens is 663 g/mol. The molecule has 0 aliphatic rings. The maximum atomic E-state index is 6.48. The van der Waals surface area contributed by atoms with Gasteiger partial charge in [-0.1, -0.05) is 125 Å². The van der Waals surface area contributed by atoms with E-state index in [4.69, 9.17) is 18.8 Å². The van der Waals surface area contributed by atoms with Crippen LogP contribution in [0.3, 0.4) is 0 Å². The van der Waals surface area contributed by atoms with Gasteiger partial charge in [0.15, 0.2) is 5.56 Å². The van der Waals surface area contributed by atoms with Crippen LogP contribution in [-0.2, 0) is 0 Å². The number of fused-ring (bicyclic) bond motifs is 7. The molecule has 54 heavy (non-hydrogen) atoms. The number of benzene rings is 8. The smallest absolute Gasteiger partial charge is 0.317 e. The summed E-state index contributed by atoms with van der Waals surface area (Å²) in [5, 5.41) is 6.72. The number of hydrogen-bond donors (Lipinski definition) is 0. The fourth-order valence-corrected chi connectivity index (χ4v) is 7.89. The summed E-state index contributed by atoms with van der Waals surface area (Å²) in [4.78, 5) is 14.0. The fourth-order valence-electron chi connectivity index (χ4n) is 7.89. The normalized spacial score (nSPS) is 11.7. The Labute approximate surface area is 309 Å². The first-order valence-electron chi connectivity index (χ1n) is 18.1.